The number of halogens is 1. The number of hydrogen-bond donors (Lipinski definition) is 0. The van der Waals surface area contributed by atoms with Gasteiger partial charge in [0.05, 0.1) is 16.6 Å². The van der Waals surface area contributed by atoms with Crippen LogP contribution in [0.4, 0.5) is 4.39 Å². The van der Waals surface area contributed by atoms with E-state index in [1.807, 2.05) is 11.0 Å². The summed E-state index contributed by atoms with van der Waals surface area (Å²) in [7, 11) is 0. The van der Waals surface area contributed by atoms with E-state index in [1.54, 1.807) is 23.5 Å². The Kier molecular flexibility index (Phi) is 5.07. The molecule has 1 aliphatic rings. The minimum absolute atomic E-state index is 0.0793. The quantitative estimate of drug-likeness (QED) is 0.671. The zero-order valence-electron chi connectivity index (χ0n) is 15.2. The topological polar surface area (TPSA) is 42.4 Å². The number of aromatic nitrogens is 1. The molecule has 0 aliphatic carbocycles. The van der Waals surface area contributed by atoms with Crippen molar-refractivity contribution in [2.24, 2.45) is 0 Å². The summed E-state index contributed by atoms with van der Waals surface area (Å²) in [5.74, 6) is -0.204. The molecule has 27 heavy (non-hydrogen) atoms. The number of fused-ring (bicyclic) bond motifs is 1. The van der Waals surface area contributed by atoms with Gasteiger partial charge in [0.2, 0.25) is 5.91 Å². The number of rotatable bonds is 4. The number of para-hydroxylation sites is 1. The summed E-state index contributed by atoms with van der Waals surface area (Å²) in [6.07, 6.45) is 1.98. The molecular weight excluding hydrogens is 363 g/mol. The standard InChI is InChI=1S/C21H21FN2O2S/c1-14-3-2-4-18-20(14)23-21(27-18)26-17-9-11-24(12-10-17)19(25)13-15-5-7-16(22)8-6-15/h2-8,17H,9-13H2,1H3. The van der Waals surface area contributed by atoms with Gasteiger partial charge in [-0.25, -0.2) is 9.37 Å². The van der Waals surface area contributed by atoms with Crippen LogP contribution in [0.3, 0.4) is 0 Å². The lowest BCUT2D eigenvalue weighted by molar-refractivity contribution is -0.132. The van der Waals surface area contributed by atoms with E-state index < -0.39 is 0 Å². The molecule has 4 rings (SSSR count). The van der Waals surface area contributed by atoms with Crippen LogP contribution in [0.2, 0.25) is 0 Å². The fraction of sp³-hybridized carbons (Fsp3) is 0.333. The van der Waals surface area contributed by atoms with Crippen molar-refractivity contribution in [3.05, 3.63) is 59.4 Å². The number of aryl methyl sites for hydroxylation is 1. The van der Waals surface area contributed by atoms with Crippen LogP contribution in [0, 0.1) is 12.7 Å². The number of benzene rings is 2. The van der Waals surface area contributed by atoms with Gasteiger partial charge in [-0.2, -0.15) is 0 Å². The molecule has 2 heterocycles. The third kappa shape index (κ3) is 4.11. The Labute approximate surface area is 161 Å². The molecule has 140 valence electrons. The molecule has 6 heteroatoms. The molecule has 1 aromatic heterocycles. The van der Waals surface area contributed by atoms with E-state index in [2.05, 4.69) is 24.0 Å². The second kappa shape index (κ2) is 7.64. The summed E-state index contributed by atoms with van der Waals surface area (Å²) in [5, 5.41) is 0.704. The van der Waals surface area contributed by atoms with Gasteiger partial charge in [-0.05, 0) is 36.2 Å². The number of likely N-dealkylation sites (tertiary alicyclic amines) is 1. The molecule has 1 fully saturated rings. The molecule has 2 aromatic carbocycles. The first-order chi connectivity index (χ1) is 13.1. The van der Waals surface area contributed by atoms with Crippen LogP contribution >= 0.6 is 11.3 Å². The highest BCUT2D eigenvalue weighted by Gasteiger charge is 2.24. The molecule has 3 aromatic rings. The lowest BCUT2D eigenvalue weighted by Crippen LogP contribution is -2.42. The van der Waals surface area contributed by atoms with E-state index in [-0.39, 0.29) is 17.8 Å². The number of hydrogen-bond acceptors (Lipinski definition) is 4. The van der Waals surface area contributed by atoms with Crippen LogP contribution in [0.1, 0.15) is 24.0 Å². The molecule has 4 nitrogen and oxygen atoms in total. The van der Waals surface area contributed by atoms with E-state index in [4.69, 9.17) is 4.74 Å². The summed E-state index contributed by atoms with van der Waals surface area (Å²) in [4.78, 5) is 18.9. The number of carbonyl (C=O) groups is 1. The van der Waals surface area contributed by atoms with E-state index >= 15 is 0 Å². The van der Waals surface area contributed by atoms with Crippen molar-refractivity contribution in [2.45, 2.75) is 32.3 Å². The molecule has 0 unspecified atom stereocenters. The zero-order valence-corrected chi connectivity index (χ0v) is 16.0. The van der Waals surface area contributed by atoms with Gasteiger partial charge in [0.1, 0.15) is 11.9 Å². The summed E-state index contributed by atoms with van der Waals surface area (Å²) < 4.78 is 20.2. The summed E-state index contributed by atoms with van der Waals surface area (Å²) in [5.41, 5.74) is 2.99. The molecule has 0 radical (unpaired) electrons. The summed E-state index contributed by atoms with van der Waals surface area (Å²) in [6.45, 7) is 3.40. The highest BCUT2D eigenvalue weighted by molar-refractivity contribution is 7.20. The van der Waals surface area contributed by atoms with Crippen molar-refractivity contribution in [1.82, 2.24) is 9.88 Å². The van der Waals surface area contributed by atoms with Crippen LogP contribution in [0.5, 0.6) is 5.19 Å². The van der Waals surface area contributed by atoms with E-state index in [0.717, 1.165) is 34.2 Å². The van der Waals surface area contributed by atoms with E-state index in [1.165, 1.54) is 12.1 Å². The number of carbonyl (C=O) groups excluding carboxylic acids is 1. The van der Waals surface area contributed by atoms with E-state index in [9.17, 15) is 9.18 Å². The van der Waals surface area contributed by atoms with Crippen molar-refractivity contribution < 1.29 is 13.9 Å². The van der Waals surface area contributed by atoms with Crippen molar-refractivity contribution in [3.63, 3.8) is 0 Å². The predicted molar refractivity (Wildman–Crippen MR) is 105 cm³/mol. The van der Waals surface area contributed by atoms with E-state index in [0.29, 0.717) is 24.7 Å². The van der Waals surface area contributed by atoms with Gasteiger partial charge in [-0.1, -0.05) is 35.6 Å². The van der Waals surface area contributed by atoms with Gasteiger partial charge >= 0.3 is 0 Å². The molecule has 0 saturated carbocycles. The Bertz CT molecular complexity index is 946. The third-order valence-electron chi connectivity index (χ3n) is 4.93. The number of thiazole rings is 1. The Hall–Kier alpha value is -2.47. The third-order valence-corrected chi connectivity index (χ3v) is 5.84. The molecule has 1 saturated heterocycles. The van der Waals surface area contributed by atoms with Gasteiger partial charge in [0, 0.05) is 25.9 Å². The van der Waals surface area contributed by atoms with Crippen LogP contribution in [0.15, 0.2) is 42.5 Å². The normalized spacial score (nSPS) is 15.3. The summed E-state index contributed by atoms with van der Waals surface area (Å²) in [6, 6.07) is 12.3. The molecule has 1 amide bonds. The highest BCUT2D eigenvalue weighted by atomic mass is 32.1. The Morgan fingerprint density at radius 2 is 1.96 bits per heavy atom. The Morgan fingerprint density at radius 1 is 1.22 bits per heavy atom. The minimum atomic E-state index is -0.283. The number of nitrogens with zero attached hydrogens (tertiary/aromatic N) is 2. The van der Waals surface area contributed by atoms with Crippen LogP contribution in [-0.2, 0) is 11.2 Å². The average Bonchev–Trinajstić information content (AvgIpc) is 3.08. The lowest BCUT2D eigenvalue weighted by atomic mass is 10.1. The SMILES string of the molecule is Cc1cccc2sc(OC3CCN(C(=O)Cc4ccc(F)cc4)CC3)nc12. The van der Waals surface area contributed by atoms with Gasteiger partial charge in [-0.3, -0.25) is 4.79 Å². The van der Waals surface area contributed by atoms with Gasteiger partial charge in [0.15, 0.2) is 0 Å². The van der Waals surface area contributed by atoms with Gasteiger partial charge in [0.25, 0.3) is 5.19 Å². The number of ether oxygens (including phenoxy) is 1. The molecule has 0 bridgehead atoms. The monoisotopic (exact) mass is 384 g/mol. The first-order valence-electron chi connectivity index (χ1n) is 9.13. The first kappa shape index (κ1) is 17.9. The zero-order chi connectivity index (χ0) is 18.8. The minimum Gasteiger partial charge on any atom is -0.467 e. The smallest absolute Gasteiger partial charge is 0.274 e. The van der Waals surface area contributed by atoms with Crippen molar-refractivity contribution in [1.29, 1.82) is 0 Å². The number of amides is 1. The number of piperidine rings is 1. The largest absolute Gasteiger partial charge is 0.467 e. The Morgan fingerprint density at radius 3 is 2.67 bits per heavy atom. The fourth-order valence-electron chi connectivity index (χ4n) is 3.37. The van der Waals surface area contributed by atoms with Crippen LogP contribution in [-0.4, -0.2) is 35.0 Å². The first-order valence-corrected chi connectivity index (χ1v) is 9.95. The van der Waals surface area contributed by atoms with Gasteiger partial charge in [-0.15, -0.1) is 0 Å². The second-order valence-corrected chi connectivity index (χ2v) is 7.90. The molecule has 0 spiro atoms. The van der Waals surface area contributed by atoms with Crippen molar-refractivity contribution in [2.75, 3.05) is 13.1 Å². The molecule has 1 aliphatic heterocycles. The molecule has 0 N–H and O–H groups in total. The predicted octanol–water partition coefficient (Wildman–Crippen LogP) is 4.36. The second-order valence-electron chi connectivity index (χ2n) is 6.90. The van der Waals surface area contributed by atoms with Gasteiger partial charge < -0.3 is 9.64 Å². The van der Waals surface area contributed by atoms with Crippen molar-refractivity contribution in [3.8, 4) is 5.19 Å². The Balaban J connectivity index is 1.32. The van der Waals surface area contributed by atoms with Crippen LogP contribution < -0.4 is 4.74 Å². The maximum absolute atomic E-state index is 13.0. The average molecular weight is 384 g/mol. The maximum atomic E-state index is 13.0. The fourth-order valence-corrected chi connectivity index (χ4v) is 4.33. The molecular formula is C21H21FN2O2S. The molecule has 0 atom stereocenters. The summed E-state index contributed by atoms with van der Waals surface area (Å²) >= 11 is 1.57. The van der Waals surface area contributed by atoms with Crippen molar-refractivity contribution >= 4 is 27.5 Å². The highest BCUT2D eigenvalue weighted by Crippen LogP contribution is 2.31. The van der Waals surface area contributed by atoms with Crippen LogP contribution in [0.25, 0.3) is 10.2 Å². The maximum Gasteiger partial charge on any atom is 0.274 e. The lowest BCUT2D eigenvalue weighted by Gasteiger charge is -2.31.